The van der Waals surface area contributed by atoms with E-state index in [1.54, 1.807) is 25.3 Å². The Kier molecular flexibility index (Phi) is 5.04. The molecule has 2 N–H and O–H groups in total. The number of carbonyl (C=O) groups is 2. The van der Waals surface area contributed by atoms with E-state index in [9.17, 15) is 9.59 Å². The topological polar surface area (TPSA) is 70.7 Å². The van der Waals surface area contributed by atoms with E-state index in [1.807, 2.05) is 11.8 Å². The predicted molar refractivity (Wildman–Crippen MR) is 92.3 cm³/mol. The average molecular weight is 331 g/mol. The highest BCUT2D eigenvalue weighted by molar-refractivity contribution is 5.99. The highest BCUT2D eigenvalue weighted by atomic mass is 16.5. The number of nitrogens with zero attached hydrogens (tertiary/aromatic N) is 1. The van der Waals surface area contributed by atoms with Crippen molar-refractivity contribution >= 4 is 17.5 Å². The van der Waals surface area contributed by atoms with Crippen LogP contribution in [0.25, 0.3) is 0 Å². The van der Waals surface area contributed by atoms with Gasteiger partial charge in [-0.3, -0.25) is 9.59 Å². The fourth-order valence-corrected chi connectivity index (χ4v) is 3.17. The van der Waals surface area contributed by atoms with Crippen LogP contribution < -0.4 is 15.4 Å². The number of anilines is 1. The second kappa shape index (κ2) is 7.21. The first-order valence-electron chi connectivity index (χ1n) is 8.59. The third-order valence-electron chi connectivity index (χ3n) is 5.03. The Morgan fingerprint density at radius 1 is 1.29 bits per heavy atom. The van der Waals surface area contributed by atoms with Crippen LogP contribution in [0.1, 0.15) is 30.1 Å². The Morgan fingerprint density at radius 2 is 2.00 bits per heavy atom. The summed E-state index contributed by atoms with van der Waals surface area (Å²) >= 11 is 0. The lowest BCUT2D eigenvalue weighted by Gasteiger charge is -2.31. The van der Waals surface area contributed by atoms with Crippen LogP contribution in [0.15, 0.2) is 18.2 Å². The molecule has 6 heteroatoms. The van der Waals surface area contributed by atoms with Crippen molar-refractivity contribution in [3.05, 3.63) is 23.8 Å². The van der Waals surface area contributed by atoms with Gasteiger partial charge < -0.3 is 20.3 Å². The molecule has 2 saturated heterocycles. The fraction of sp³-hybridized carbons (Fsp3) is 0.556. The summed E-state index contributed by atoms with van der Waals surface area (Å²) in [5.74, 6) is 0.840. The lowest BCUT2D eigenvalue weighted by Crippen LogP contribution is -2.48. The number of rotatable bonds is 5. The van der Waals surface area contributed by atoms with Gasteiger partial charge in [-0.1, -0.05) is 6.92 Å². The molecule has 1 aromatic rings. The molecule has 3 rings (SSSR count). The maximum Gasteiger partial charge on any atom is 0.253 e. The standard InChI is InChI=1S/C18H25N3O3/c1-12(14-10-19-11-14)17(22)20-15-9-13(5-6-16(15)24-2)18(23)21-7-3-4-8-21/h5-6,9,12,14,19H,3-4,7-8,10-11H2,1-2H3,(H,20,22). The predicted octanol–water partition coefficient (Wildman–Crippen LogP) is 1.73. The molecular weight excluding hydrogens is 306 g/mol. The van der Waals surface area contributed by atoms with E-state index in [4.69, 9.17) is 4.74 Å². The lowest BCUT2D eigenvalue weighted by molar-refractivity contribution is -0.121. The molecule has 1 aromatic carbocycles. The summed E-state index contributed by atoms with van der Waals surface area (Å²) in [4.78, 5) is 26.9. The molecule has 1 unspecified atom stereocenters. The van der Waals surface area contributed by atoms with Gasteiger partial charge >= 0.3 is 0 Å². The summed E-state index contributed by atoms with van der Waals surface area (Å²) in [5.41, 5.74) is 1.15. The van der Waals surface area contributed by atoms with Crippen LogP contribution in [0, 0.1) is 11.8 Å². The second-order valence-corrected chi connectivity index (χ2v) is 6.61. The van der Waals surface area contributed by atoms with Crippen molar-refractivity contribution in [3.63, 3.8) is 0 Å². The van der Waals surface area contributed by atoms with Gasteiger partial charge in [0, 0.05) is 24.6 Å². The minimum Gasteiger partial charge on any atom is -0.495 e. The summed E-state index contributed by atoms with van der Waals surface area (Å²) in [7, 11) is 1.56. The Labute approximate surface area is 142 Å². The van der Waals surface area contributed by atoms with Crippen LogP contribution in [0.2, 0.25) is 0 Å². The zero-order valence-corrected chi connectivity index (χ0v) is 14.3. The second-order valence-electron chi connectivity index (χ2n) is 6.61. The molecule has 0 radical (unpaired) electrons. The maximum absolute atomic E-state index is 12.5. The molecule has 1 atom stereocenters. The molecule has 0 spiro atoms. The zero-order valence-electron chi connectivity index (χ0n) is 14.3. The van der Waals surface area contributed by atoms with E-state index >= 15 is 0 Å². The maximum atomic E-state index is 12.5. The van der Waals surface area contributed by atoms with Crippen molar-refractivity contribution in [2.75, 3.05) is 38.6 Å². The number of likely N-dealkylation sites (tertiary alicyclic amines) is 1. The molecule has 0 saturated carbocycles. The SMILES string of the molecule is COc1ccc(C(=O)N2CCCC2)cc1NC(=O)C(C)C1CNC1. The lowest BCUT2D eigenvalue weighted by atomic mass is 9.88. The van der Waals surface area contributed by atoms with Gasteiger partial charge in [0.05, 0.1) is 12.8 Å². The molecule has 6 nitrogen and oxygen atoms in total. The number of carbonyl (C=O) groups excluding carboxylic acids is 2. The number of hydrogen-bond donors (Lipinski definition) is 2. The number of hydrogen-bond acceptors (Lipinski definition) is 4. The molecule has 2 amide bonds. The van der Waals surface area contributed by atoms with Gasteiger partial charge in [0.15, 0.2) is 0 Å². The normalized spacial score (nSPS) is 18.8. The summed E-state index contributed by atoms with van der Waals surface area (Å²) in [6.07, 6.45) is 2.11. The molecule has 130 valence electrons. The van der Waals surface area contributed by atoms with E-state index < -0.39 is 0 Å². The van der Waals surface area contributed by atoms with Crippen molar-refractivity contribution < 1.29 is 14.3 Å². The smallest absolute Gasteiger partial charge is 0.253 e. The first-order chi connectivity index (χ1) is 11.6. The van der Waals surface area contributed by atoms with Crippen LogP contribution in [0.5, 0.6) is 5.75 Å². The largest absolute Gasteiger partial charge is 0.495 e. The Hall–Kier alpha value is -2.08. The van der Waals surface area contributed by atoms with Crippen molar-refractivity contribution in [2.45, 2.75) is 19.8 Å². The first kappa shape index (κ1) is 16.8. The zero-order chi connectivity index (χ0) is 17.1. The Bertz CT molecular complexity index is 622. The van der Waals surface area contributed by atoms with E-state index in [0.29, 0.717) is 22.9 Å². The van der Waals surface area contributed by atoms with Crippen molar-refractivity contribution in [2.24, 2.45) is 11.8 Å². The monoisotopic (exact) mass is 331 g/mol. The van der Waals surface area contributed by atoms with E-state index in [2.05, 4.69) is 10.6 Å². The number of amides is 2. The van der Waals surface area contributed by atoms with Gasteiger partial charge in [0.25, 0.3) is 5.91 Å². The third-order valence-corrected chi connectivity index (χ3v) is 5.03. The van der Waals surface area contributed by atoms with Crippen molar-refractivity contribution in [1.29, 1.82) is 0 Å². The molecule has 2 aliphatic rings. The number of methoxy groups -OCH3 is 1. The summed E-state index contributed by atoms with van der Waals surface area (Å²) < 4.78 is 5.34. The van der Waals surface area contributed by atoms with Crippen LogP contribution >= 0.6 is 0 Å². The van der Waals surface area contributed by atoms with E-state index in [0.717, 1.165) is 39.0 Å². The number of benzene rings is 1. The number of nitrogens with one attached hydrogen (secondary N) is 2. The molecular formula is C18H25N3O3. The molecule has 0 bridgehead atoms. The van der Waals surface area contributed by atoms with Gasteiger partial charge in [0.2, 0.25) is 5.91 Å². The van der Waals surface area contributed by atoms with Gasteiger partial charge in [0.1, 0.15) is 5.75 Å². The van der Waals surface area contributed by atoms with Gasteiger partial charge in [-0.2, -0.15) is 0 Å². The molecule has 24 heavy (non-hydrogen) atoms. The van der Waals surface area contributed by atoms with Crippen LogP contribution in [0.3, 0.4) is 0 Å². The van der Waals surface area contributed by atoms with Crippen LogP contribution in [-0.4, -0.2) is 50.0 Å². The third kappa shape index (κ3) is 3.38. The van der Waals surface area contributed by atoms with Crippen molar-refractivity contribution in [3.8, 4) is 5.75 Å². The van der Waals surface area contributed by atoms with Crippen LogP contribution in [-0.2, 0) is 4.79 Å². The van der Waals surface area contributed by atoms with Gasteiger partial charge in [-0.15, -0.1) is 0 Å². The minimum absolute atomic E-state index is 0.0156. The molecule has 2 fully saturated rings. The average Bonchev–Trinajstić information content (AvgIpc) is 3.06. The van der Waals surface area contributed by atoms with Crippen LogP contribution in [0.4, 0.5) is 5.69 Å². The molecule has 2 aliphatic heterocycles. The quantitative estimate of drug-likeness (QED) is 0.862. The van der Waals surface area contributed by atoms with Crippen molar-refractivity contribution in [1.82, 2.24) is 10.2 Å². The van der Waals surface area contributed by atoms with Gasteiger partial charge in [-0.05, 0) is 50.0 Å². The van der Waals surface area contributed by atoms with Gasteiger partial charge in [-0.25, -0.2) is 0 Å². The minimum atomic E-state index is -0.0751. The fourth-order valence-electron chi connectivity index (χ4n) is 3.17. The molecule has 0 aromatic heterocycles. The van der Waals surface area contributed by atoms with E-state index in [1.165, 1.54) is 0 Å². The highest BCUT2D eigenvalue weighted by Crippen LogP contribution is 2.28. The molecule has 2 heterocycles. The number of ether oxygens (including phenoxy) is 1. The summed E-state index contributed by atoms with van der Waals surface area (Å²) in [6, 6.07) is 5.23. The Morgan fingerprint density at radius 3 is 2.58 bits per heavy atom. The highest BCUT2D eigenvalue weighted by Gasteiger charge is 2.29. The summed E-state index contributed by atoms with van der Waals surface area (Å²) in [5, 5.41) is 6.12. The van der Waals surface area contributed by atoms with E-state index in [-0.39, 0.29) is 17.7 Å². The summed E-state index contributed by atoms with van der Waals surface area (Å²) in [6.45, 7) is 5.29. The Balaban J connectivity index is 1.76. The molecule has 0 aliphatic carbocycles. The first-order valence-corrected chi connectivity index (χ1v) is 8.59.